The Bertz CT molecular complexity index is 510. The molecule has 0 spiro atoms. The van der Waals surface area contributed by atoms with Gasteiger partial charge in [0.05, 0.1) is 18.1 Å². The maximum Gasteiger partial charge on any atom is 0.413 e. The van der Waals surface area contributed by atoms with Gasteiger partial charge >= 0.3 is 6.18 Å². The van der Waals surface area contributed by atoms with Crippen molar-refractivity contribution in [3.63, 3.8) is 0 Å². The standard InChI is InChI=1S/C14H16F5NO2/c1-7(2)10(21)6-11(22)20-13(14(17,18)19)12-8(15)4-3-5-9(12)16/h3-5,7,10,13,21H,6H2,1-2H3,(H,20,22)/t10-,13-/m0/s1. The van der Waals surface area contributed by atoms with Crippen LogP contribution >= 0.6 is 0 Å². The van der Waals surface area contributed by atoms with Crippen LogP contribution in [0.4, 0.5) is 22.0 Å². The van der Waals surface area contributed by atoms with E-state index >= 15 is 0 Å². The molecule has 0 bridgehead atoms. The summed E-state index contributed by atoms with van der Waals surface area (Å²) in [5, 5.41) is 11.0. The third-order valence-corrected chi connectivity index (χ3v) is 3.09. The summed E-state index contributed by atoms with van der Waals surface area (Å²) >= 11 is 0. The Labute approximate surface area is 124 Å². The fourth-order valence-corrected chi connectivity index (χ4v) is 1.75. The van der Waals surface area contributed by atoms with Crippen LogP contribution in [-0.4, -0.2) is 23.3 Å². The highest BCUT2D eigenvalue weighted by Crippen LogP contribution is 2.35. The van der Waals surface area contributed by atoms with Gasteiger partial charge in [-0.05, 0) is 18.1 Å². The first-order valence-corrected chi connectivity index (χ1v) is 6.52. The third kappa shape index (κ3) is 4.66. The van der Waals surface area contributed by atoms with Gasteiger partial charge in [0.25, 0.3) is 0 Å². The molecule has 0 radical (unpaired) electrons. The molecule has 0 saturated heterocycles. The van der Waals surface area contributed by atoms with Crippen molar-refractivity contribution >= 4 is 5.91 Å². The van der Waals surface area contributed by atoms with Crippen molar-refractivity contribution in [2.24, 2.45) is 5.92 Å². The highest BCUT2D eigenvalue weighted by Gasteiger charge is 2.44. The Morgan fingerprint density at radius 2 is 1.73 bits per heavy atom. The number of nitrogens with one attached hydrogen (secondary N) is 1. The average Bonchev–Trinajstić information content (AvgIpc) is 2.35. The van der Waals surface area contributed by atoms with Gasteiger partial charge in [-0.25, -0.2) is 8.78 Å². The predicted octanol–water partition coefficient (Wildman–Crippen LogP) is 3.09. The summed E-state index contributed by atoms with van der Waals surface area (Å²) in [6.07, 6.45) is -6.83. The first-order chi connectivity index (χ1) is 10.0. The van der Waals surface area contributed by atoms with Crippen molar-refractivity contribution in [2.45, 2.75) is 38.6 Å². The van der Waals surface area contributed by atoms with Crippen LogP contribution in [0.25, 0.3) is 0 Å². The molecular formula is C14H16F5NO2. The van der Waals surface area contributed by atoms with Crippen molar-refractivity contribution in [3.05, 3.63) is 35.4 Å². The molecule has 2 atom stereocenters. The zero-order valence-electron chi connectivity index (χ0n) is 11.9. The lowest BCUT2D eigenvalue weighted by molar-refractivity contribution is -0.165. The Morgan fingerprint density at radius 1 is 1.23 bits per heavy atom. The minimum Gasteiger partial charge on any atom is -0.392 e. The second-order valence-electron chi connectivity index (χ2n) is 5.19. The second-order valence-corrected chi connectivity index (χ2v) is 5.19. The van der Waals surface area contributed by atoms with Gasteiger partial charge in [0, 0.05) is 0 Å². The summed E-state index contributed by atoms with van der Waals surface area (Å²) in [4.78, 5) is 11.6. The van der Waals surface area contributed by atoms with Gasteiger partial charge in [0.15, 0.2) is 6.04 Å². The monoisotopic (exact) mass is 325 g/mol. The van der Waals surface area contributed by atoms with Crippen LogP contribution in [0.5, 0.6) is 0 Å². The summed E-state index contributed by atoms with van der Waals surface area (Å²) in [5.74, 6) is -4.31. The van der Waals surface area contributed by atoms with E-state index in [-0.39, 0.29) is 5.92 Å². The quantitative estimate of drug-likeness (QED) is 0.818. The number of aliphatic hydroxyl groups is 1. The van der Waals surface area contributed by atoms with E-state index in [2.05, 4.69) is 0 Å². The van der Waals surface area contributed by atoms with Crippen LogP contribution in [-0.2, 0) is 4.79 Å². The molecule has 124 valence electrons. The van der Waals surface area contributed by atoms with Crippen LogP contribution in [0.2, 0.25) is 0 Å². The average molecular weight is 325 g/mol. The molecule has 2 N–H and O–H groups in total. The van der Waals surface area contributed by atoms with E-state index in [4.69, 9.17) is 0 Å². The molecule has 0 unspecified atom stereocenters. The summed E-state index contributed by atoms with van der Waals surface area (Å²) in [5.41, 5.74) is -1.28. The van der Waals surface area contributed by atoms with E-state index in [1.807, 2.05) is 0 Å². The summed E-state index contributed by atoms with van der Waals surface area (Å²) in [6.45, 7) is 3.16. The van der Waals surface area contributed by atoms with Crippen molar-refractivity contribution in [1.82, 2.24) is 5.32 Å². The molecule has 0 aliphatic heterocycles. The lowest BCUT2D eigenvalue weighted by atomic mass is 10.0. The maximum absolute atomic E-state index is 13.5. The molecule has 8 heteroatoms. The molecular weight excluding hydrogens is 309 g/mol. The number of halogens is 5. The van der Waals surface area contributed by atoms with Gasteiger partial charge in [-0.3, -0.25) is 4.79 Å². The third-order valence-electron chi connectivity index (χ3n) is 3.09. The van der Waals surface area contributed by atoms with E-state index in [1.54, 1.807) is 13.8 Å². The highest BCUT2D eigenvalue weighted by atomic mass is 19.4. The Balaban J connectivity index is 3.04. The molecule has 0 aliphatic rings. The number of aliphatic hydroxyl groups excluding tert-OH is 1. The van der Waals surface area contributed by atoms with Crippen LogP contribution in [0, 0.1) is 17.6 Å². The van der Waals surface area contributed by atoms with Crippen LogP contribution in [0.3, 0.4) is 0 Å². The molecule has 1 amide bonds. The van der Waals surface area contributed by atoms with Crippen molar-refractivity contribution < 1.29 is 31.9 Å². The summed E-state index contributed by atoms with van der Waals surface area (Å²) in [6, 6.07) is -0.551. The fourth-order valence-electron chi connectivity index (χ4n) is 1.75. The zero-order chi connectivity index (χ0) is 17.1. The van der Waals surface area contributed by atoms with Gasteiger partial charge in [-0.1, -0.05) is 19.9 Å². The molecule has 0 aliphatic carbocycles. The van der Waals surface area contributed by atoms with E-state index < -0.39 is 47.8 Å². The summed E-state index contributed by atoms with van der Waals surface area (Å²) in [7, 11) is 0. The minimum absolute atomic E-state index is 0.347. The molecule has 1 rings (SSSR count). The van der Waals surface area contributed by atoms with Gasteiger partial charge < -0.3 is 10.4 Å². The van der Waals surface area contributed by atoms with Crippen molar-refractivity contribution in [2.75, 3.05) is 0 Å². The number of benzene rings is 1. The van der Waals surface area contributed by atoms with Crippen molar-refractivity contribution in [1.29, 1.82) is 0 Å². The first-order valence-electron chi connectivity index (χ1n) is 6.52. The number of alkyl halides is 3. The number of hydrogen-bond acceptors (Lipinski definition) is 2. The largest absolute Gasteiger partial charge is 0.413 e. The number of amides is 1. The second kappa shape index (κ2) is 7.04. The highest BCUT2D eigenvalue weighted by molar-refractivity contribution is 5.77. The zero-order valence-corrected chi connectivity index (χ0v) is 11.9. The molecule has 22 heavy (non-hydrogen) atoms. The van der Waals surface area contributed by atoms with E-state index in [1.165, 1.54) is 5.32 Å². The van der Waals surface area contributed by atoms with E-state index in [0.717, 1.165) is 6.07 Å². The number of carbonyl (C=O) groups is 1. The SMILES string of the molecule is CC(C)[C@@H](O)CC(=O)N[C@@H](c1c(F)cccc1F)C(F)(F)F. The minimum atomic E-state index is -5.08. The molecule has 0 fully saturated rings. The normalized spacial score (nSPS) is 14.8. The molecule has 0 heterocycles. The predicted molar refractivity (Wildman–Crippen MR) is 68.8 cm³/mol. The van der Waals surface area contributed by atoms with Crippen molar-refractivity contribution in [3.8, 4) is 0 Å². The first kappa shape index (κ1) is 18.3. The van der Waals surface area contributed by atoms with Gasteiger partial charge in [-0.2, -0.15) is 13.2 Å². The van der Waals surface area contributed by atoms with Gasteiger partial charge in [0.1, 0.15) is 11.6 Å². The fraction of sp³-hybridized carbons (Fsp3) is 0.500. The van der Waals surface area contributed by atoms with Gasteiger partial charge in [-0.15, -0.1) is 0 Å². The van der Waals surface area contributed by atoms with Gasteiger partial charge in [0.2, 0.25) is 5.91 Å². The smallest absolute Gasteiger partial charge is 0.392 e. The lowest BCUT2D eigenvalue weighted by Crippen LogP contribution is -2.40. The lowest BCUT2D eigenvalue weighted by Gasteiger charge is -2.24. The number of carbonyl (C=O) groups excluding carboxylic acids is 1. The molecule has 0 aromatic heterocycles. The summed E-state index contributed by atoms with van der Waals surface area (Å²) < 4.78 is 66.1. The van der Waals surface area contributed by atoms with Crippen LogP contribution < -0.4 is 5.32 Å². The molecule has 0 saturated carbocycles. The number of hydrogen-bond donors (Lipinski definition) is 2. The number of rotatable bonds is 5. The van der Waals surface area contributed by atoms with Crippen LogP contribution in [0.1, 0.15) is 31.9 Å². The molecule has 1 aromatic rings. The topological polar surface area (TPSA) is 49.3 Å². The maximum atomic E-state index is 13.5. The molecule has 3 nitrogen and oxygen atoms in total. The van der Waals surface area contributed by atoms with Crippen LogP contribution in [0.15, 0.2) is 18.2 Å². The van der Waals surface area contributed by atoms with E-state index in [0.29, 0.717) is 12.1 Å². The Morgan fingerprint density at radius 3 is 2.14 bits per heavy atom. The van der Waals surface area contributed by atoms with E-state index in [9.17, 15) is 31.9 Å². The Hall–Kier alpha value is -1.70. The molecule has 1 aromatic carbocycles. The Kier molecular flexibility index (Phi) is 5.87.